The molecular weight excluding hydrogens is 278 g/mol. The van der Waals surface area contributed by atoms with Gasteiger partial charge in [-0.2, -0.15) is 5.10 Å². The van der Waals surface area contributed by atoms with Crippen molar-refractivity contribution in [2.45, 2.75) is 6.54 Å². The zero-order valence-corrected chi connectivity index (χ0v) is 12.2. The van der Waals surface area contributed by atoms with E-state index >= 15 is 0 Å². The molecule has 112 valence electrons. The highest BCUT2D eigenvalue weighted by Crippen LogP contribution is 2.22. The van der Waals surface area contributed by atoms with Gasteiger partial charge in [-0.15, -0.1) is 0 Å². The molecule has 4 rings (SSSR count). The first-order chi connectivity index (χ1) is 10.9. The number of fused-ring (bicyclic) bond motifs is 1. The molecule has 0 atom stereocenters. The van der Waals surface area contributed by atoms with Gasteiger partial charge in [0.1, 0.15) is 12.1 Å². The second-order valence-electron chi connectivity index (χ2n) is 5.45. The maximum Gasteiger partial charge on any atom is 0.160 e. The zero-order valence-electron chi connectivity index (χ0n) is 12.2. The standard InChI is InChI=1S/C15H17N7/c1-2-12(8-16-3-1)10-21-4-6-22(7-5-21)15-13-9-19-20-14(13)17-11-18-15/h1-3,8-9,11H,4-7,10H2,(H,17,18,19,20). The molecule has 7 nitrogen and oxygen atoms in total. The Balaban J connectivity index is 1.45. The number of rotatable bonds is 3. The van der Waals surface area contributed by atoms with Crippen molar-refractivity contribution in [1.29, 1.82) is 0 Å². The molecular formula is C15H17N7. The van der Waals surface area contributed by atoms with Crippen LogP contribution in [-0.4, -0.2) is 56.2 Å². The van der Waals surface area contributed by atoms with Gasteiger partial charge in [-0.1, -0.05) is 6.07 Å². The lowest BCUT2D eigenvalue weighted by atomic mass is 10.2. The van der Waals surface area contributed by atoms with Crippen molar-refractivity contribution in [3.05, 3.63) is 42.6 Å². The van der Waals surface area contributed by atoms with E-state index in [-0.39, 0.29) is 0 Å². The van der Waals surface area contributed by atoms with Gasteiger partial charge in [-0.3, -0.25) is 15.0 Å². The summed E-state index contributed by atoms with van der Waals surface area (Å²) < 4.78 is 0. The van der Waals surface area contributed by atoms with Crippen molar-refractivity contribution in [3.63, 3.8) is 0 Å². The normalized spacial score (nSPS) is 16.3. The van der Waals surface area contributed by atoms with Crippen LogP contribution in [-0.2, 0) is 6.54 Å². The Morgan fingerprint density at radius 2 is 2.00 bits per heavy atom. The Labute approximate surface area is 128 Å². The van der Waals surface area contributed by atoms with E-state index in [4.69, 9.17) is 0 Å². The maximum absolute atomic E-state index is 4.44. The van der Waals surface area contributed by atoms with E-state index in [2.05, 4.69) is 41.0 Å². The average molecular weight is 295 g/mol. The molecule has 0 bridgehead atoms. The molecule has 1 fully saturated rings. The Bertz CT molecular complexity index is 747. The van der Waals surface area contributed by atoms with Gasteiger partial charge in [-0.05, 0) is 11.6 Å². The summed E-state index contributed by atoms with van der Waals surface area (Å²) in [5.41, 5.74) is 2.05. The molecule has 7 heteroatoms. The van der Waals surface area contributed by atoms with Gasteiger partial charge in [0.05, 0.1) is 11.6 Å². The Hall–Kier alpha value is -2.54. The average Bonchev–Trinajstić information content (AvgIpc) is 3.05. The molecule has 1 aliphatic rings. The zero-order chi connectivity index (χ0) is 14.8. The van der Waals surface area contributed by atoms with Crippen LogP contribution in [0.2, 0.25) is 0 Å². The SMILES string of the molecule is c1cncc(CN2CCN(c3ncnc4[nH]ncc34)CC2)c1. The van der Waals surface area contributed by atoms with Gasteiger partial charge in [0, 0.05) is 45.1 Å². The molecule has 0 aliphatic carbocycles. The number of hydrogen-bond acceptors (Lipinski definition) is 6. The second-order valence-corrected chi connectivity index (χ2v) is 5.45. The Morgan fingerprint density at radius 1 is 1.09 bits per heavy atom. The minimum atomic E-state index is 0.794. The number of aromatic nitrogens is 5. The predicted octanol–water partition coefficient (Wildman–Crippen LogP) is 1.07. The topological polar surface area (TPSA) is 73.8 Å². The van der Waals surface area contributed by atoms with E-state index in [1.807, 2.05) is 18.5 Å². The molecule has 0 amide bonds. The number of nitrogens with one attached hydrogen (secondary N) is 1. The van der Waals surface area contributed by atoms with Crippen LogP contribution < -0.4 is 4.90 Å². The third-order valence-electron chi connectivity index (χ3n) is 4.03. The fraction of sp³-hybridized carbons (Fsp3) is 0.333. The van der Waals surface area contributed by atoms with Crippen molar-refractivity contribution in [2.75, 3.05) is 31.1 Å². The van der Waals surface area contributed by atoms with Gasteiger partial charge in [0.15, 0.2) is 5.65 Å². The van der Waals surface area contributed by atoms with Crippen LogP contribution in [0.15, 0.2) is 37.1 Å². The first-order valence-electron chi connectivity index (χ1n) is 7.40. The number of hydrogen-bond donors (Lipinski definition) is 1. The summed E-state index contributed by atoms with van der Waals surface area (Å²) in [6.45, 7) is 4.89. The molecule has 0 radical (unpaired) electrons. The number of anilines is 1. The van der Waals surface area contributed by atoms with Crippen LogP contribution in [0.3, 0.4) is 0 Å². The van der Waals surface area contributed by atoms with Gasteiger partial charge in [-0.25, -0.2) is 9.97 Å². The van der Waals surface area contributed by atoms with Crippen LogP contribution in [0, 0.1) is 0 Å². The molecule has 1 saturated heterocycles. The van der Waals surface area contributed by atoms with Gasteiger partial charge < -0.3 is 4.90 Å². The van der Waals surface area contributed by atoms with Crippen molar-refractivity contribution in [1.82, 2.24) is 30.0 Å². The minimum Gasteiger partial charge on any atom is -0.353 e. The van der Waals surface area contributed by atoms with Crippen LogP contribution in [0.1, 0.15) is 5.56 Å². The Kier molecular flexibility index (Phi) is 3.40. The minimum absolute atomic E-state index is 0.794. The number of pyridine rings is 1. The van der Waals surface area contributed by atoms with Gasteiger partial charge in [0.25, 0.3) is 0 Å². The van der Waals surface area contributed by atoms with Gasteiger partial charge >= 0.3 is 0 Å². The fourth-order valence-electron chi connectivity index (χ4n) is 2.87. The van der Waals surface area contributed by atoms with Crippen molar-refractivity contribution in [2.24, 2.45) is 0 Å². The highest BCUT2D eigenvalue weighted by Gasteiger charge is 2.20. The smallest absolute Gasteiger partial charge is 0.160 e. The van der Waals surface area contributed by atoms with E-state index in [9.17, 15) is 0 Å². The van der Waals surface area contributed by atoms with Crippen molar-refractivity contribution >= 4 is 16.9 Å². The molecule has 3 aromatic heterocycles. The molecule has 0 saturated carbocycles. The van der Waals surface area contributed by atoms with E-state index in [0.717, 1.165) is 49.6 Å². The van der Waals surface area contributed by atoms with Crippen molar-refractivity contribution in [3.8, 4) is 0 Å². The van der Waals surface area contributed by atoms with E-state index in [0.29, 0.717) is 0 Å². The number of nitrogens with zero attached hydrogens (tertiary/aromatic N) is 6. The molecule has 1 N–H and O–H groups in total. The van der Waals surface area contributed by atoms with Crippen LogP contribution in [0.4, 0.5) is 5.82 Å². The Morgan fingerprint density at radius 3 is 2.82 bits per heavy atom. The number of aromatic amines is 1. The first kappa shape index (κ1) is 13.1. The lowest BCUT2D eigenvalue weighted by Crippen LogP contribution is -2.46. The summed E-state index contributed by atoms with van der Waals surface area (Å²) in [6, 6.07) is 4.11. The first-order valence-corrected chi connectivity index (χ1v) is 7.40. The van der Waals surface area contributed by atoms with Crippen molar-refractivity contribution < 1.29 is 0 Å². The molecule has 4 heterocycles. The molecule has 0 aromatic carbocycles. The van der Waals surface area contributed by atoms with Crippen LogP contribution in [0.25, 0.3) is 11.0 Å². The lowest BCUT2D eigenvalue weighted by molar-refractivity contribution is 0.249. The monoisotopic (exact) mass is 295 g/mol. The predicted molar refractivity (Wildman–Crippen MR) is 83.4 cm³/mol. The summed E-state index contributed by atoms with van der Waals surface area (Å²) in [5.74, 6) is 0.972. The highest BCUT2D eigenvalue weighted by molar-refractivity contribution is 5.86. The molecule has 3 aromatic rings. The van der Waals surface area contributed by atoms with Crippen LogP contribution >= 0.6 is 0 Å². The molecule has 0 spiro atoms. The molecule has 1 aliphatic heterocycles. The molecule has 0 unspecified atom stereocenters. The largest absolute Gasteiger partial charge is 0.353 e. The summed E-state index contributed by atoms with van der Waals surface area (Å²) >= 11 is 0. The summed E-state index contributed by atoms with van der Waals surface area (Å²) in [4.78, 5) is 17.6. The third kappa shape index (κ3) is 2.50. The summed E-state index contributed by atoms with van der Waals surface area (Å²) in [6.07, 6.45) is 7.14. The van der Waals surface area contributed by atoms with Crippen LogP contribution in [0.5, 0.6) is 0 Å². The van der Waals surface area contributed by atoms with E-state index in [1.165, 1.54) is 5.56 Å². The number of H-pyrrole nitrogens is 1. The highest BCUT2D eigenvalue weighted by atomic mass is 15.3. The lowest BCUT2D eigenvalue weighted by Gasteiger charge is -2.35. The summed E-state index contributed by atoms with van der Waals surface area (Å²) in [7, 11) is 0. The van der Waals surface area contributed by atoms with E-state index in [1.54, 1.807) is 12.5 Å². The fourth-order valence-corrected chi connectivity index (χ4v) is 2.87. The van der Waals surface area contributed by atoms with Gasteiger partial charge in [0.2, 0.25) is 0 Å². The quantitative estimate of drug-likeness (QED) is 0.779. The second kappa shape index (κ2) is 5.69. The summed E-state index contributed by atoms with van der Waals surface area (Å²) in [5, 5.41) is 7.94. The van der Waals surface area contributed by atoms with E-state index < -0.39 is 0 Å². The maximum atomic E-state index is 4.44. The molecule has 22 heavy (non-hydrogen) atoms. The third-order valence-corrected chi connectivity index (χ3v) is 4.03. The number of piperazine rings is 1.